The van der Waals surface area contributed by atoms with Crippen LogP contribution in [0.3, 0.4) is 0 Å². The molecular formula is C15H29N3O2S. The Kier molecular flexibility index (Phi) is 4.88. The third kappa shape index (κ3) is 4.41. The van der Waals surface area contributed by atoms with E-state index in [4.69, 9.17) is 0 Å². The Hall–Kier alpha value is -0.170. The van der Waals surface area contributed by atoms with Crippen molar-refractivity contribution in [3.8, 4) is 0 Å². The van der Waals surface area contributed by atoms with Gasteiger partial charge in [-0.1, -0.05) is 13.3 Å². The molecule has 2 unspecified atom stereocenters. The van der Waals surface area contributed by atoms with Gasteiger partial charge in [0.1, 0.15) is 0 Å². The lowest BCUT2D eigenvalue weighted by Crippen LogP contribution is -2.47. The van der Waals surface area contributed by atoms with Crippen molar-refractivity contribution in [3.63, 3.8) is 0 Å². The number of rotatable bonds is 8. The van der Waals surface area contributed by atoms with E-state index < -0.39 is 10.2 Å². The van der Waals surface area contributed by atoms with Crippen LogP contribution in [0, 0.1) is 11.8 Å². The summed E-state index contributed by atoms with van der Waals surface area (Å²) in [5.74, 6) is 1.22. The molecule has 3 fully saturated rings. The average molecular weight is 315 g/mol. The first-order valence-electron chi connectivity index (χ1n) is 8.59. The SMILES string of the molecule is CCCC1CC1NS(=O)(=O)N1CCC(CNC2CC2)CC1. The number of hydrogen-bond acceptors (Lipinski definition) is 3. The normalized spacial score (nSPS) is 31.5. The largest absolute Gasteiger partial charge is 0.314 e. The fourth-order valence-corrected chi connectivity index (χ4v) is 4.83. The van der Waals surface area contributed by atoms with E-state index in [1.807, 2.05) is 0 Å². The maximum Gasteiger partial charge on any atom is 0.279 e. The third-order valence-electron chi connectivity index (χ3n) is 5.07. The Morgan fingerprint density at radius 1 is 1.14 bits per heavy atom. The molecule has 3 rings (SSSR count). The van der Waals surface area contributed by atoms with Crippen LogP contribution in [0.25, 0.3) is 0 Å². The zero-order valence-corrected chi connectivity index (χ0v) is 13.9. The molecule has 0 bridgehead atoms. The highest BCUT2D eigenvalue weighted by Crippen LogP contribution is 2.35. The maximum atomic E-state index is 12.4. The molecule has 0 amide bonds. The number of nitrogens with one attached hydrogen (secondary N) is 2. The molecule has 2 saturated carbocycles. The first-order valence-corrected chi connectivity index (χ1v) is 10.0. The maximum absolute atomic E-state index is 12.4. The van der Waals surface area contributed by atoms with Crippen molar-refractivity contribution >= 4 is 10.2 Å². The molecule has 2 N–H and O–H groups in total. The van der Waals surface area contributed by atoms with Crippen LogP contribution in [0.1, 0.15) is 51.9 Å². The lowest BCUT2D eigenvalue weighted by Gasteiger charge is -2.31. The zero-order chi connectivity index (χ0) is 14.9. The van der Waals surface area contributed by atoms with Crippen LogP contribution < -0.4 is 10.0 Å². The van der Waals surface area contributed by atoms with E-state index in [0.717, 1.165) is 44.7 Å². The van der Waals surface area contributed by atoms with Crippen molar-refractivity contribution in [1.82, 2.24) is 14.3 Å². The summed E-state index contributed by atoms with van der Waals surface area (Å²) in [6, 6.07) is 0.947. The number of nitrogens with zero attached hydrogens (tertiary/aromatic N) is 1. The molecule has 5 nitrogen and oxygen atoms in total. The summed E-state index contributed by atoms with van der Waals surface area (Å²) in [6.07, 6.45) is 7.92. The van der Waals surface area contributed by atoms with Crippen LogP contribution in [0.15, 0.2) is 0 Å². The molecule has 0 aromatic carbocycles. The molecule has 6 heteroatoms. The second-order valence-corrected chi connectivity index (χ2v) is 8.74. The second-order valence-electron chi connectivity index (χ2n) is 7.04. The molecule has 0 aromatic rings. The summed E-state index contributed by atoms with van der Waals surface area (Å²) in [6.45, 7) is 4.58. The van der Waals surface area contributed by atoms with Gasteiger partial charge >= 0.3 is 0 Å². The predicted molar refractivity (Wildman–Crippen MR) is 84.2 cm³/mol. The monoisotopic (exact) mass is 315 g/mol. The van der Waals surface area contributed by atoms with E-state index >= 15 is 0 Å². The van der Waals surface area contributed by atoms with Crippen LogP contribution in [0.5, 0.6) is 0 Å². The van der Waals surface area contributed by atoms with Gasteiger partial charge in [0, 0.05) is 25.2 Å². The van der Waals surface area contributed by atoms with Crippen molar-refractivity contribution < 1.29 is 8.42 Å². The van der Waals surface area contributed by atoms with Crippen molar-refractivity contribution in [2.45, 2.75) is 64.0 Å². The van der Waals surface area contributed by atoms with Gasteiger partial charge in [0.05, 0.1) is 0 Å². The minimum Gasteiger partial charge on any atom is -0.314 e. The van der Waals surface area contributed by atoms with Crippen LogP contribution >= 0.6 is 0 Å². The average Bonchev–Trinajstić information content (AvgIpc) is 3.36. The predicted octanol–water partition coefficient (Wildman–Crippen LogP) is 1.47. The summed E-state index contributed by atoms with van der Waals surface area (Å²) in [4.78, 5) is 0. The van der Waals surface area contributed by atoms with Crippen molar-refractivity contribution in [2.75, 3.05) is 19.6 Å². The smallest absolute Gasteiger partial charge is 0.279 e. The molecule has 1 saturated heterocycles. The molecule has 1 aliphatic heterocycles. The fraction of sp³-hybridized carbons (Fsp3) is 1.00. The molecular weight excluding hydrogens is 286 g/mol. The first kappa shape index (κ1) is 15.7. The Labute approximate surface area is 129 Å². The lowest BCUT2D eigenvalue weighted by molar-refractivity contribution is 0.264. The molecule has 2 atom stereocenters. The van der Waals surface area contributed by atoms with Gasteiger partial charge < -0.3 is 5.32 Å². The highest BCUT2D eigenvalue weighted by molar-refractivity contribution is 7.87. The van der Waals surface area contributed by atoms with Gasteiger partial charge in [-0.3, -0.25) is 0 Å². The first-order chi connectivity index (χ1) is 10.1. The van der Waals surface area contributed by atoms with Crippen molar-refractivity contribution in [2.24, 2.45) is 11.8 Å². The van der Waals surface area contributed by atoms with Crippen molar-refractivity contribution in [3.05, 3.63) is 0 Å². The Balaban J connectivity index is 1.40. The lowest BCUT2D eigenvalue weighted by atomic mass is 9.98. The minimum absolute atomic E-state index is 0.198. The zero-order valence-electron chi connectivity index (χ0n) is 13.1. The molecule has 21 heavy (non-hydrogen) atoms. The van der Waals surface area contributed by atoms with Crippen LogP contribution in [0.2, 0.25) is 0 Å². The fourth-order valence-electron chi connectivity index (χ4n) is 3.32. The highest BCUT2D eigenvalue weighted by Gasteiger charge is 2.41. The van der Waals surface area contributed by atoms with Crippen LogP contribution in [-0.2, 0) is 10.2 Å². The van der Waals surface area contributed by atoms with E-state index in [1.165, 1.54) is 12.8 Å². The quantitative estimate of drug-likeness (QED) is 0.713. The van der Waals surface area contributed by atoms with E-state index in [-0.39, 0.29) is 6.04 Å². The summed E-state index contributed by atoms with van der Waals surface area (Å²) in [7, 11) is -3.25. The number of hydrogen-bond donors (Lipinski definition) is 2. The summed E-state index contributed by atoms with van der Waals surface area (Å²) >= 11 is 0. The molecule has 2 aliphatic carbocycles. The standard InChI is InChI=1S/C15H29N3O2S/c1-2-3-13-10-15(13)17-21(19,20)18-8-6-12(7-9-18)11-16-14-4-5-14/h12-17H,2-11H2,1H3. The van der Waals surface area contributed by atoms with Crippen LogP contribution in [-0.4, -0.2) is 44.4 Å². The molecule has 3 aliphatic rings. The van der Waals surface area contributed by atoms with Gasteiger partial charge in [-0.2, -0.15) is 17.4 Å². The van der Waals surface area contributed by atoms with Gasteiger partial charge in [0.25, 0.3) is 10.2 Å². The summed E-state index contributed by atoms with van der Waals surface area (Å²) in [5, 5.41) is 3.56. The Morgan fingerprint density at radius 2 is 1.86 bits per heavy atom. The second kappa shape index (κ2) is 6.52. The summed E-state index contributed by atoms with van der Waals surface area (Å²) < 4.78 is 29.3. The van der Waals surface area contributed by atoms with Gasteiger partial charge in [-0.05, 0) is 56.9 Å². The van der Waals surface area contributed by atoms with E-state index in [9.17, 15) is 8.42 Å². The topological polar surface area (TPSA) is 61.4 Å². The van der Waals surface area contributed by atoms with E-state index in [0.29, 0.717) is 24.9 Å². The van der Waals surface area contributed by atoms with Gasteiger partial charge in [-0.15, -0.1) is 0 Å². The Morgan fingerprint density at radius 3 is 2.48 bits per heavy atom. The third-order valence-corrected chi connectivity index (χ3v) is 6.71. The van der Waals surface area contributed by atoms with E-state index in [1.54, 1.807) is 4.31 Å². The minimum atomic E-state index is -3.25. The Bertz CT molecular complexity index is 442. The van der Waals surface area contributed by atoms with Crippen LogP contribution in [0.4, 0.5) is 0 Å². The van der Waals surface area contributed by atoms with Gasteiger partial charge in [0.2, 0.25) is 0 Å². The highest BCUT2D eigenvalue weighted by atomic mass is 32.2. The molecule has 122 valence electrons. The van der Waals surface area contributed by atoms with Gasteiger partial charge in [0.15, 0.2) is 0 Å². The van der Waals surface area contributed by atoms with Crippen molar-refractivity contribution in [1.29, 1.82) is 0 Å². The molecule has 0 spiro atoms. The molecule has 0 radical (unpaired) electrons. The van der Waals surface area contributed by atoms with Gasteiger partial charge in [-0.25, -0.2) is 0 Å². The van der Waals surface area contributed by atoms with E-state index in [2.05, 4.69) is 17.0 Å². The molecule has 0 aromatic heterocycles. The molecule has 1 heterocycles. The summed E-state index contributed by atoms with van der Waals surface area (Å²) in [5.41, 5.74) is 0. The number of piperidine rings is 1.